The Morgan fingerprint density at radius 1 is 1.11 bits per heavy atom. The molecule has 0 radical (unpaired) electrons. The van der Waals surface area contributed by atoms with Gasteiger partial charge in [0.1, 0.15) is 11.0 Å². The molecule has 1 amide bonds. The molecule has 0 saturated heterocycles. The monoisotopic (exact) mass is 397 g/mol. The van der Waals surface area contributed by atoms with Crippen LogP contribution in [0.4, 0.5) is 0 Å². The highest BCUT2D eigenvalue weighted by molar-refractivity contribution is 7.89. The molecule has 0 aliphatic carbocycles. The number of rotatable bonds is 7. The van der Waals surface area contributed by atoms with Crippen molar-refractivity contribution in [2.45, 2.75) is 57.7 Å². The van der Waals surface area contributed by atoms with E-state index >= 15 is 0 Å². The molecule has 0 fully saturated rings. The zero-order valence-corrected chi connectivity index (χ0v) is 17.6. The van der Waals surface area contributed by atoms with Crippen molar-refractivity contribution in [3.8, 4) is 0 Å². The lowest BCUT2D eigenvalue weighted by Crippen LogP contribution is -2.49. The van der Waals surface area contributed by atoms with E-state index in [1.54, 1.807) is 17.9 Å². The van der Waals surface area contributed by atoms with Gasteiger partial charge < -0.3 is 9.74 Å². The van der Waals surface area contributed by atoms with Crippen LogP contribution in [0.2, 0.25) is 0 Å². The van der Waals surface area contributed by atoms with Crippen molar-refractivity contribution in [1.29, 1.82) is 0 Å². The standard InChI is InChI=1S/C17H27N5O4S/c1-11(2)21(12(3)4)17(23)13(5)26-22-16-10-14(27(24,25)20(6)7)8-9-15(16)18-19-22/h8-13H,1-7H3/t13-/m0/s1. The lowest BCUT2D eigenvalue weighted by atomic mass is 10.2. The van der Waals surface area contributed by atoms with Gasteiger partial charge in [-0.3, -0.25) is 4.79 Å². The third-order valence-corrected chi connectivity index (χ3v) is 5.95. The van der Waals surface area contributed by atoms with E-state index < -0.39 is 16.1 Å². The van der Waals surface area contributed by atoms with E-state index in [2.05, 4.69) is 10.3 Å². The fourth-order valence-electron chi connectivity index (χ4n) is 2.84. The third-order valence-electron chi connectivity index (χ3n) is 4.14. The number of carbonyl (C=O) groups excluding carboxylic acids is 1. The summed E-state index contributed by atoms with van der Waals surface area (Å²) in [5.74, 6) is -0.180. The van der Waals surface area contributed by atoms with Gasteiger partial charge in [-0.2, -0.15) is 0 Å². The molecular formula is C17H27N5O4S. The SMILES string of the molecule is CC(C)N(C(=O)[C@H](C)On1nnc2ccc(S(=O)(=O)N(C)C)cc21)C(C)C. The van der Waals surface area contributed by atoms with Crippen molar-refractivity contribution in [2.75, 3.05) is 14.1 Å². The maximum absolute atomic E-state index is 12.7. The van der Waals surface area contributed by atoms with Crippen molar-refractivity contribution in [2.24, 2.45) is 0 Å². The summed E-state index contributed by atoms with van der Waals surface area (Å²) in [4.78, 5) is 21.3. The van der Waals surface area contributed by atoms with Crippen LogP contribution in [0.5, 0.6) is 0 Å². The van der Waals surface area contributed by atoms with Crippen LogP contribution >= 0.6 is 0 Å². The minimum absolute atomic E-state index is 0.0212. The Kier molecular flexibility index (Phi) is 6.10. The van der Waals surface area contributed by atoms with Crippen LogP contribution in [0.15, 0.2) is 23.1 Å². The maximum atomic E-state index is 12.7. The molecule has 0 bridgehead atoms. The molecule has 1 heterocycles. The second-order valence-electron chi connectivity index (χ2n) is 7.08. The predicted octanol–water partition coefficient (Wildman–Crippen LogP) is 1.14. The van der Waals surface area contributed by atoms with E-state index in [-0.39, 0.29) is 22.9 Å². The predicted molar refractivity (Wildman–Crippen MR) is 102 cm³/mol. The quantitative estimate of drug-likeness (QED) is 0.695. The summed E-state index contributed by atoms with van der Waals surface area (Å²) in [6.45, 7) is 9.39. The van der Waals surface area contributed by atoms with Gasteiger partial charge in [0.25, 0.3) is 5.91 Å². The fourth-order valence-corrected chi connectivity index (χ4v) is 3.76. The van der Waals surface area contributed by atoms with Crippen LogP contribution in [0, 0.1) is 0 Å². The number of hydrogen-bond donors (Lipinski definition) is 0. The van der Waals surface area contributed by atoms with Crippen LogP contribution in [0.1, 0.15) is 34.6 Å². The van der Waals surface area contributed by atoms with Gasteiger partial charge in [-0.05, 0) is 58.0 Å². The highest BCUT2D eigenvalue weighted by Crippen LogP contribution is 2.19. The minimum Gasteiger partial charge on any atom is -0.382 e. The molecule has 0 unspecified atom stereocenters. The molecule has 9 nitrogen and oxygen atoms in total. The first-order valence-electron chi connectivity index (χ1n) is 8.74. The molecule has 2 aromatic rings. The van der Waals surface area contributed by atoms with E-state index in [1.165, 1.54) is 26.2 Å². The maximum Gasteiger partial charge on any atom is 0.266 e. The molecule has 0 N–H and O–H groups in total. The van der Waals surface area contributed by atoms with Gasteiger partial charge in [-0.25, -0.2) is 12.7 Å². The Morgan fingerprint density at radius 2 is 1.70 bits per heavy atom. The lowest BCUT2D eigenvalue weighted by molar-refractivity contribution is -0.147. The molecule has 2 rings (SSSR count). The zero-order chi connectivity index (χ0) is 20.5. The molecule has 0 aliphatic heterocycles. The van der Waals surface area contributed by atoms with E-state index in [1.807, 2.05) is 27.7 Å². The normalized spacial score (nSPS) is 13.6. The molecule has 1 aromatic heterocycles. The second kappa shape index (κ2) is 7.81. The highest BCUT2D eigenvalue weighted by Gasteiger charge is 2.28. The van der Waals surface area contributed by atoms with E-state index in [0.29, 0.717) is 11.0 Å². The largest absolute Gasteiger partial charge is 0.382 e. The number of amides is 1. The molecule has 27 heavy (non-hydrogen) atoms. The van der Waals surface area contributed by atoms with Crippen LogP contribution in [0.3, 0.4) is 0 Å². The summed E-state index contributed by atoms with van der Waals surface area (Å²) in [7, 11) is -0.696. The number of carbonyl (C=O) groups is 1. The third kappa shape index (κ3) is 4.22. The first-order valence-corrected chi connectivity index (χ1v) is 10.2. The smallest absolute Gasteiger partial charge is 0.266 e. The van der Waals surface area contributed by atoms with Crippen molar-refractivity contribution in [3.05, 3.63) is 18.2 Å². The van der Waals surface area contributed by atoms with Gasteiger partial charge in [-0.15, -0.1) is 5.10 Å². The van der Waals surface area contributed by atoms with Gasteiger partial charge in [-0.1, -0.05) is 4.85 Å². The van der Waals surface area contributed by atoms with Gasteiger partial charge in [0.05, 0.1) is 4.90 Å². The Labute approximate surface area is 159 Å². The van der Waals surface area contributed by atoms with Gasteiger partial charge in [0.15, 0.2) is 0 Å². The molecular weight excluding hydrogens is 370 g/mol. The number of fused-ring (bicyclic) bond motifs is 1. The zero-order valence-electron chi connectivity index (χ0n) is 16.7. The first kappa shape index (κ1) is 21.1. The van der Waals surface area contributed by atoms with Crippen LogP contribution in [0.25, 0.3) is 11.0 Å². The van der Waals surface area contributed by atoms with E-state index in [9.17, 15) is 13.2 Å². The number of hydrogen-bond acceptors (Lipinski definition) is 6. The van der Waals surface area contributed by atoms with Gasteiger partial charge in [0, 0.05) is 26.2 Å². The number of benzene rings is 1. The first-order chi connectivity index (χ1) is 12.5. The van der Waals surface area contributed by atoms with Crippen LogP contribution in [-0.4, -0.2) is 71.0 Å². The molecule has 10 heteroatoms. The average molecular weight is 398 g/mol. The highest BCUT2D eigenvalue weighted by atomic mass is 32.2. The summed E-state index contributed by atoms with van der Waals surface area (Å²) in [5.41, 5.74) is 0.843. The number of sulfonamides is 1. The minimum atomic E-state index is -3.61. The molecule has 0 spiro atoms. The van der Waals surface area contributed by atoms with E-state index in [4.69, 9.17) is 4.84 Å². The summed E-state index contributed by atoms with van der Waals surface area (Å²) < 4.78 is 25.8. The summed E-state index contributed by atoms with van der Waals surface area (Å²) >= 11 is 0. The van der Waals surface area contributed by atoms with Crippen molar-refractivity contribution < 1.29 is 18.0 Å². The van der Waals surface area contributed by atoms with Crippen molar-refractivity contribution in [1.82, 2.24) is 24.4 Å². The topological polar surface area (TPSA) is 97.6 Å². The summed E-state index contributed by atoms with van der Waals surface area (Å²) in [6, 6.07) is 4.50. The van der Waals surface area contributed by atoms with Gasteiger partial charge in [0.2, 0.25) is 16.1 Å². The Morgan fingerprint density at radius 3 is 2.22 bits per heavy atom. The summed E-state index contributed by atoms with van der Waals surface area (Å²) in [6.07, 6.45) is -0.811. The number of nitrogens with zero attached hydrogens (tertiary/aromatic N) is 5. The number of aromatic nitrogens is 3. The van der Waals surface area contributed by atoms with Crippen molar-refractivity contribution in [3.63, 3.8) is 0 Å². The van der Waals surface area contributed by atoms with Gasteiger partial charge >= 0.3 is 0 Å². The Hall–Kier alpha value is -2.20. The molecule has 0 aliphatic rings. The Balaban J connectivity index is 2.35. The van der Waals surface area contributed by atoms with E-state index in [0.717, 1.165) is 9.15 Å². The molecule has 1 aromatic carbocycles. The second-order valence-corrected chi connectivity index (χ2v) is 9.23. The van der Waals surface area contributed by atoms with Crippen LogP contribution < -0.4 is 4.84 Å². The summed E-state index contributed by atoms with van der Waals surface area (Å²) in [5, 5.41) is 7.87. The molecule has 1 atom stereocenters. The van der Waals surface area contributed by atoms with Crippen LogP contribution in [-0.2, 0) is 14.8 Å². The fraction of sp³-hybridized carbons (Fsp3) is 0.588. The average Bonchev–Trinajstić information content (AvgIpc) is 2.96. The Bertz CT molecular complexity index is 913. The lowest BCUT2D eigenvalue weighted by Gasteiger charge is -2.32. The molecule has 150 valence electrons. The molecule has 0 saturated carbocycles. The van der Waals surface area contributed by atoms with Crippen molar-refractivity contribution >= 4 is 27.0 Å².